The highest BCUT2D eigenvalue weighted by atomic mass is 16.2. The zero-order valence-corrected chi connectivity index (χ0v) is 10.8. The zero-order chi connectivity index (χ0) is 12.4. The Balaban J connectivity index is 2.45. The number of hydrogen-bond donors (Lipinski definition) is 1. The Hall–Kier alpha value is -1.35. The molecule has 0 aliphatic carbocycles. The standard InChI is InChI=1S/C14H20N2O/c1-10(2)12-6-4-5-11(3)14(12)16-8-7-15-9-13(16)17/h4-6,10,15H,7-9H2,1-3H3. The van der Waals surface area contributed by atoms with Gasteiger partial charge in [0.05, 0.1) is 12.2 Å². The van der Waals surface area contributed by atoms with Crippen LogP contribution in [0.3, 0.4) is 0 Å². The topological polar surface area (TPSA) is 32.3 Å². The average molecular weight is 232 g/mol. The molecule has 0 spiro atoms. The molecule has 1 aliphatic heterocycles. The second kappa shape index (κ2) is 4.88. The van der Waals surface area contributed by atoms with Crippen molar-refractivity contribution in [2.45, 2.75) is 26.7 Å². The van der Waals surface area contributed by atoms with Gasteiger partial charge < -0.3 is 10.2 Å². The summed E-state index contributed by atoms with van der Waals surface area (Å²) in [4.78, 5) is 13.9. The van der Waals surface area contributed by atoms with Crippen LogP contribution in [-0.2, 0) is 4.79 Å². The van der Waals surface area contributed by atoms with E-state index in [-0.39, 0.29) is 5.91 Å². The third kappa shape index (κ3) is 2.34. The molecular weight excluding hydrogens is 212 g/mol. The second-order valence-electron chi connectivity index (χ2n) is 4.89. The van der Waals surface area contributed by atoms with Crippen molar-refractivity contribution in [3.05, 3.63) is 29.3 Å². The zero-order valence-electron chi connectivity index (χ0n) is 10.8. The summed E-state index contributed by atoms with van der Waals surface area (Å²) in [5.41, 5.74) is 3.57. The van der Waals surface area contributed by atoms with Gasteiger partial charge in [0.15, 0.2) is 0 Å². The fraction of sp³-hybridized carbons (Fsp3) is 0.500. The van der Waals surface area contributed by atoms with E-state index in [1.165, 1.54) is 11.1 Å². The first-order valence-corrected chi connectivity index (χ1v) is 6.22. The van der Waals surface area contributed by atoms with Crippen LogP contribution < -0.4 is 10.2 Å². The summed E-state index contributed by atoms with van der Waals surface area (Å²) < 4.78 is 0. The number of carbonyl (C=O) groups excluding carboxylic acids is 1. The van der Waals surface area contributed by atoms with Crippen LogP contribution in [0.2, 0.25) is 0 Å². The minimum atomic E-state index is 0.174. The highest BCUT2D eigenvalue weighted by molar-refractivity contribution is 5.97. The van der Waals surface area contributed by atoms with Crippen molar-refractivity contribution in [1.82, 2.24) is 5.32 Å². The number of rotatable bonds is 2. The lowest BCUT2D eigenvalue weighted by Gasteiger charge is -2.31. The maximum Gasteiger partial charge on any atom is 0.240 e. The first-order valence-electron chi connectivity index (χ1n) is 6.22. The molecule has 1 heterocycles. The molecule has 2 rings (SSSR count). The minimum Gasteiger partial charge on any atom is -0.309 e. The average Bonchev–Trinajstić information content (AvgIpc) is 2.30. The molecule has 0 radical (unpaired) electrons. The van der Waals surface area contributed by atoms with Crippen molar-refractivity contribution in [1.29, 1.82) is 0 Å². The van der Waals surface area contributed by atoms with Gasteiger partial charge in [-0.1, -0.05) is 32.0 Å². The normalized spacial score (nSPS) is 16.7. The number of nitrogens with zero attached hydrogens (tertiary/aromatic N) is 1. The van der Waals surface area contributed by atoms with E-state index in [4.69, 9.17) is 0 Å². The Morgan fingerprint density at radius 3 is 2.76 bits per heavy atom. The van der Waals surface area contributed by atoms with Gasteiger partial charge >= 0.3 is 0 Å². The lowest BCUT2D eigenvalue weighted by Crippen LogP contribution is -2.48. The smallest absolute Gasteiger partial charge is 0.240 e. The number of benzene rings is 1. The Kier molecular flexibility index (Phi) is 3.48. The number of para-hydroxylation sites is 1. The third-order valence-corrected chi connectivity index (χ3v) is 3.25. The van der Waals surface area contributed by atoms with E-state index in [9.17, 15) is 4.79 Å². The molecule has 0 bridgehead atoms. The van der Waals surface area contributed by atoms with E-state index in [0.29, 0.717) is 12.5 Å². The summed E-state index contributed by atoms with van der Waals surface area (Å²) in [5.74, 6) is 0.611. The molecule has 3 nitrogen and oxygen atoms in total. The summed E-state index contributed by atoms with van der Waals surface area (Å²) in [5, 5.41) is 3.11. The highest BCUT2D eigenvalue weighted by Gasteiger charge is 2.23. The van der Waals surface area contributed by atoms with Crippen molar-refractivity contribution in [3.63, 3.8) is 0 Å². The summed E-state index contributed by atoms with van der Waals surface area (Å²) in [7, 11) is 0. The van der Waals surface area contributed by atoms with Gasteiger partial charge in [0, 0.05) is 13.1 Å². The Morgan fingerprint density at radius 2 is 2.12 bits per heavy atom. The number of amides is 1. The van der Waals surface area contributed by atoms with E-state index in [2.05, 4.69) is 44.3 Å². The van der Waals surface area contributed by atoms with Crippen molar-refractivity contribution >= 4 is 11.6 Å². The monoisotopic (exact) mass is 232 g/mol. The van der Waals surface area contributed by atoms with E-state index in [0.717, 1.165) is 18.8 Å². The van der Waals surface area contributed by atoms with Crippen molar-refractivity contribution in [3.8, 4) is 0 Å². The molecule has 1 aromatic carbocycles. The Morgan fingerprint density at radius 1 is 1.35 bits per heavy atom. The molecule has 1 fully saturated rings. The van der Waals surface area contributed by atoms with Gasteiger partial charge in [-0.15, -0.1) is 0 Å². The largest absolute Gasteiger partial charge is 0.309 e. The second-order valence-corrected chi connectivity index (χ2v) is 4.89. The predicted molar refractivity (Wildman–Crippen MR) is 70.5 cm³/mol. The molecular formula is C14H20N2O. The number of anilines is 1. The lowest BCUT2D eigenvalue weighted by atomic mass is 9.97. The summed E-state index contributed by atoms with van der Waals surface area (Å²) in [6.45, 7) is 8.51. The quantitative estimate of drug-likeness (QED) is 0.846. The van der Waals surface area contributed by atoms with Gasteiger partial charge in [0.25, 0.3) is 0 Å². The molecule has 1 N–H and O–H groups in total. The summed E-state index contributed by atoms with van der Waals surface area (Å²) >= 11 is 0. The van der Waals surface area contributed by atoms with Crippen LogP contribution in [0.5, 0.6) is 0 Å². The summed E-state index contributed by atoms with van der Waals surface area (Å²) in [6, 6.07) is 6.28. The van der Waals surface area contributed by atoms with Gasteiger partial charge in [0.2, 0.25) is 5.91 Å². The van der Waals surface area contributed by atoms with Gasteiger partial charge in [-0.3, -0.25) is 4.79 Å². The molecule has 3 heteroatoms. The molecule has 0 saturated carbocycles. The highest BCUT2D eigenvalue weighted by Crippen LogP contribution is 2.31. The first-order chi connectivity index (χ1) is 8.11. The van der Waals surface area contributed by atoms with Gasteiger partial charge in [0.1, 0.15) is 0 Å². The van der Waals surface area contributed by atoms with Crippen LogP contribution in [-0.4, -0.2) is 25.5 Å². The molecule has 0 atom stereocenters. The van der Waals surface area contributed by atoms with E-state index < -0.39 is 0 Å². The maximum absolute atomic E-state index is 12.0. The number of hydrogen-bond acceptors (Lipinski definition) is 2. The Labute approximate surface area is 103 Å². The van der Waals surface area contributed by atoms with E-state index in [1.807, 2.05) is 4.90 Å². The molecule has 92 valence electrons. The van der Waals surface area contributed by atoms with E-state index in [1.54, 1.807) is 0 Å². The number of carbonyl (C=O) groups is 1. The lowest BCUT2D eigenvalue weighted by molar-refractivity contribution is -0.118. The summed E-state index contributed by atoms with van der Waals surface area (Å²) in [6.07, 6.45) is 0. The van der Waals surface area contributed by atoms with Crippen molar-refractivity contribution < 1.29 is 4.79 Å². The van der Waals surface area contributed by atoms with Crippen LogP contribution in [0.15, 0.2) is 18.2 Å². The Bertz CT molecular complexity index is 426. The number of nitrogens with one attached hydrogen (secondary N) is 1. The molecule has 0 unspecified atom stereocenters. The molecule has 17 heavy (non-hydrogen) atoms. The SMILES string of the molecule is Cc1cccc(C(C)C)c1N1CCNCC1=O. The molecule has 1 amide bonds. The number of aryl methyl sites for hydroxylation is 1. The van der Waals surface area contributed by atoms with Gasteiger partial charge in [-0.05, 0) is 24.0 Å². The van der Waals surface area contributed by atoms with Crippen LogP contribution in [0, 0.1) is 6.92 Å². The van der Waals surface area contributed by atoms with Crippen molar-refractivity contribution in [2.75, 3.05) is 24.5 Å². The fourth-order valence-electron chi connectivity index (χ4n) is 2.36. The number of piperazine rings is 1. The van der Waals surface area contributed by atoms with Crippen molar-refractivity contribution in [2.24, 2.45) is 0 Å². The van der Waals surface area contributed by atoms with Crippen LogP contribution >= 0.6 is 0 Å². The minimum absolute atomic E-state index is 0.174. The van der Waals surface area contributed by atoms with Crippen LogP contribution in [0.4, 0.5) is 5.69 Å². The fourth-order valence-corrected chi connectivity index (χ4v) is 2.36. The van der Waals surface area contributed by atoms with Gasteiger partial charge in [-0.2, -0.15) is 0 Å². The molecule has 1 aliphatic rings. The maximum atomic E-state index is 12.0. The predicted octanol–water partition coefficient (Wildman–Crippen LogP) is 2.05. The van der Waals surface area contributed by atoms with Gasteiger partial charge in [-0.25, -0.2) is 0 Å². The van der Waals surface area contributed by atoms with Crippen LogP contribution in [0.25, 0.3) is 0 Å². The van der Waals surface area contributed by atoms with E-state index >= 15 is 0 Å². The first kappa shape index (κ1) is 12.1. The molecule has 0 aromatic heterocycles. The molecule has 1 aromatic rings. The molecule has 1 saturated heterocycles. The third-order valence-electron chi connectivity index (χ3n) is 3.25. The van der Waals surface area contributed by atoms with Crippen LogP contribution in [0.1, 0.15) is 30.9 Å².